The molecular formula is C20H16N4O10S. The van der Waals surface area contributed by atoms with Gasteiger partial charge in [-0.25, -0.2) is 4.79 Å². The molecule has 15 heteroatoms. The number of rotatable bonds is 8. The van der Waals surface area contributed by atoms with E-state index < -0.39 is 47.5 Å². The van der Waals surface area contributed by atoms with Gasteiger partial charge < -0.3 is 13.9 Å². The van der Waals surface area contributed by atoms with E-state index in [0.29, 0.717) is 5.56 Å². The van der Waals surface area contributed by atoms with Gasteiger partial charge in [0.1, 0.15) is 10.6 Å². The molecule has 0 aliphatic rings. The molecule has 14 nitrogen and oxygen atoms in total. The SMILES string of the molecule is COc1cc(/C=C/c2[nH]c(=O)[nH]c(=O)c2[N+](=O)[O-])ccc1OS(=O)(=O)c1ccc(C)c([N+](=O)[O-])c1. The molecule has 182 valence electrons. The molecule has 2 aromatic carbocycles. The second-order valence-corrected chi connectivity index (χ2v) is 8.46. The smallest absolute Gasteiger partial charge is 0.357 e. The van der Waals surface area contributed by atoms with Crippen molar-refractivity contribution >= 4 is 33.6 Å². The molecule has 0 saturated heterocycles. The molecule has 2 N–H and O–H groups in total. The number of hydrogen-bond donors (Lipinski definition) is 2. The Labute approximate surface area is 195 Å². The van der Waals surface area contributed by atoms with Crippen molar-refractivity contribution in [2.24, 2.45) is 0 Å². The molecule has 3 aromatic rings. The summed E-state index contributed by atoms with van der Waals surface area (Å²) < 4.78 is 35.6. The number of ether oxygens (including phenoxy) is 1. The first-order chi connectivity index (χ1) is 16.4. The maximum atomic E-state index is 12.7. The van der Waals surface area contributed by atoms with E-state index in [-0.39, 0.29) is 22.8 Å². The largest absolute Gasteiger partial charge is 0.493 e. The van der Waals surface area contributed by atoms with Crippen LogP contribution in [0.1, 0.15) is 16.8 Å². The van der Waals surface area contributed by atoms with Crippen LogP contribution in [-0.2, 0) is 10.1 Å². The molecule has 0 bridgehead atoms. The van der Waals surface area contributed by atoms with E-state index in [1.54, 1.807) is 4.98 Å². The number of nitro benzene ring substituents is 1. The van der Waals surface area contributed by atoms with Gasteiger partial charge in [-0.15, -0.1) is 0 Å². The number of methoxy groups -OCH3 is 1. The molecule has 0 atom stereocenters. The molecule has 3 rings (SSSR count). The fourth-order valence-electron chi connectivity index (χ4n) is 2.94. The third-order valence-electron chi connectivity index (χ3n) is 4.62. The van der Waals surface area contributed by atoms with Gasteiger partial charge in [-0.2, -0.15) is 8.42 Å². The average Bonchev–Trinajstić information content (AvgIpc) is 2.77. The molecule has 0 saturated carbocycles. The summed E-state index contributed by atoms with van der Waals surface area (Å²) in [6.45, 7) is 1.46. The van der Waals surface area contributed by atoms with Crippen molar-refractivity contribution in [1.29, 1.82) is 0 Å². The lowest BCUT2D eigenvalue weighted by atomic mass is 10.1. The fourth-order valence-corrected chi connectivity index (χ4v) is 3.90. The van der Waals surface area contributed by atoms with Gasteiger partial charge in [0.25, 0.3) is 5.69 Å². The summed E-state index contributed by atoms with van der Waals surface area (Å²) in [6, 6.07) is 7.25. The Bertz CT molecular complexity index is 1590. The predicted octanol–water partition coefficient (Wildman–Crippen LogP) is 2.13. The van der Waals surface area contributed by atoms with E-state index in [4.69, 9.17) is 8.92 Å². The average molecular weight is 504 g/mol. The van der Waals surface area contributed by atoms with Crippen LogP contribution < -0.4 is 20.2 Å². The van der Waals surface area contributed by atoms with Gasteiger partial charge >= 0.3 is 27.1 Å². The Morgan fingerprint density at radius 2 is 1.66 bits per heavy atom. The standard InChI is InChI=1S/C20H16N4O10S/c1-11-3-6-13(10-15(11)23(27)28)35(31,32)34-16-8-5-12(9-17(16)33-2)4-7-14-18(24(29)30)19(25)22-20(26)21-14/h3-10H,1-2H3,(H2,21,22,25,26)/b7-4+. The van der Waals surface area contributed by atoms with Crippen LogP contribution in [0.5, 0.6) is 11.5 Å². The topological polar surface area (TPSA) is 205 Å². The van der Waals surface area contributed by atoms with Crippen LogP contribution in [0.4, 0.5) is 11.4 Å². The Balaban J connectivity index is 1.95. The summed E-state index contributed by atoms with van der Waals surface area (Å²) in [4.78, 5) is 47.2. The second kappa shape index (κ2) is 9.60. The van der Waals surface area contributed by atoms with Crippen LogP contribution in [0.25, 0.3) is 12.2 Å². The molecule has 0 aliphatic heterocycles. The number of nitro groups is 2. The molecular weight excluding hydrogens is 488 g/mol. The minimum Gasteiger partial charge on any atom is -0.493 e. The zero-order valence-electron chi connectivity index (χ0n) is 18.0. The summed E-state index contributed by atoms with van der Waals surface area (Å²) >= 11 is 0. The number of benzene rings is 2. The molecule has 35 heavy (non-hydrogen) atoms. The van der Waals surface area contributed by atoms with Crippen LogP contribution in [-0.4, -0.2) is 35.3 Å². The highest BCUT2D eigenvalue weighted by Gasteiger charge is 2.23. The first kappa shape index (κ1) is 24.8. The van der Waals surface area contributed by atoms with Gasteiger partial charge in [0.05, 0.1) is 17.0 Å². The first-order valence-electron chi connectivity index (χ1n) is 9.49. The lowest BCUT2D eigenvalue weighted by Gasteiger charge is -2.11. The molecule has 0 radical (unpaired) electrons. The zero-order valence-corrected chi connectivity index (χ0v) is 18.8. The maximum absolute atomic E-state index is 12.7. The Hall–Kier alpha value is -4.79. The minimum atomic E-state index is -4.47. The van der Waals surface area contributed by atoms with Crippen molar-refractivity contribution in [3.05, 3.63) is 94.3 Å². The quantitative estimate of drug-likeness (QED) is 0.260. The second-order valence-electron chi connectivity index (χ2n) is 6.91. The third-order valence-corrected chi connectivity index (χ3v) is 5.85. The monoisotopic (exact) mass is 504 g/mol. The highest BCUT2D eigenvalue weighted by atomic mass is 32.2. The van der Waals surface area contributed by atoms with Crippen molar-refractivity contribution in [3.63, 3.8) is 0 Å². The number of hydrogen-bond acceptors (Lipinski definition) is 10. The highest BCUT2D eigenvalue weighted by molar-refractivity contribution is 7.87. The van der Waals surface area contributed by atoms with Gasteiger partial charge in [-0.1, -0.05) is 18.2 Å². The van der Waals surface area contributed by atoms with Crippen LogP contribution in [0.15, 0.2) is 50.9 Å². The van der Waals surface area contributed by atoms with E-state index in [9.17, 15) is 38.2 Å². The molecule has 0 fully saturated rings. The third kappa shape index (κ3) is 5.41. The first-order valence-corrected chi connectivity index (χ1v) is 10.9. The zero-order chi connectivity index (χ0) is 25.9. The molecule has 0 amide bonds. The van der Waals surface area contributed by atoms with Gasteiger partial charge in [-0.3, -0.25) is 30.0 Å². The number of aromatic nitrogens is 2. The summed E-state index contributed by atoms with van der Waals surface area (Å²) in [5.74, 6) is -0.283. The number of nitrogens with one attached hydrogen (secondary N) is 2. The highest BCUT2D eigenvalue weighted by Crippen LogP contribution is 2.32. The minimum absolute atomic E-state index is 0.0498. The van der Waals surface area contributed by atoms with Crippen molar-refractivity contribution in [2.45, 2.75) is 11.8 Å². The Kier molecular flexibility index (Phi) is 6.81. The Morgan fingerprint density at radius 3 is 2.29 bits per heavy atom. The van der Waals surface area contributed by atoms with Crippen molar-refractivity contribution in [3.8, 4) is 11.5 Å². The van der Waals surface area contributed by atoms with E-state index in [2.05, 4.69) is 4.98 Å². The predicted molar refractivity (Wildman–Crippen MR) is 122 cm³/mol. The fraction of sp³-hybridized carbons (Fsp3) is 0.100. The molecule has 0 aliphatic carbocycles. The molecule has 0 unspecified atom stereocenters. The van der Waals surface area contributed by atoms with E-state index >= 15 is 0 Å². The lowest BCUT2D eigenvalue weighted by Crippen LogP contribution is -2.25. The van der Waals surface area contributed by atoms with Gasteiger partial charge in [-0.05, 0) is 36.8 Å². The van der Waals surface area contributed by atoms with Gasteiger partial charge in [0, 0.05) is 11.6 Å². The van der Waals surface area contributed by atoms with Crippen LogP contribution in [0.2, 0.25) is 0 Å². The van der Waals surface area contributed by atoms with Crippen LogP contribution >= 0.6 is 0 Å². The molecule has 1 heterocycles. The van der Waals surface area contributed by atoms with Gasteiger partial charge in [0.2, 0.25) is 0 Å². The number of aromatic amines is 2. The van der Waals surface area contributed by atoms with Gasteiger partial charge in [0.15, 0.2) is 11.5 Å². The molecule has 1 aromatic heterocycles. The normalized spacial score (nSPS) is 11.4. The van der Waals surface area contributed by atoms with Crippen molar-refractivity contribution in [2.75, 3.05) is 7.11 Å². The summed E-state index contributed by atoms with van der Waals surface area (Å²) in [6.07, 6.45) is 2.42. The molecule has 0 spiro atoms. The summed E-state index contributed by atoms with van der Waals surface area (Å²) in [5.41, 5.74) is -3.13. The summed E-state index contributed by atoms with van der Waals surface area (Å²) in [5, 5.41) is 22.3. The number of nitrogens with zero attached hydrogens (tertiary/aromatic N) is 2. The van der Waals surface area contributed by atoms with Crippen LogP contribution in [0.3, 0.4) is 0 Å². The number of H-pyrrole nitrogens is 2. The van der Waals surface area contributed by atoms with Crippen molar-refractivity contribution < 1.29 is 27.2 Å². The Morgan fingerprint density at radius 1 is 0.943 bits per heavy atom. The van der Waals surface area contributed by atoms with Crippen molar-refractivity contribution in [1.82, 2.24) is 9.97 Å². The maximum Gasteiger partial charge on any atom is 0.357 e. The lowest BCUT2D eigenvalue weighted by molar-refractivity contribution is -0.386. The van der Waals surface area contributed by atoms with Crippen LogP contribution in [0, 0.1) is 27.2 Å². The number of aryl methyl sites for hydroxylation is 1. The van der Waals surface area contributed by atoms with E-state index in [1.165, 1.54) is 44.4 Å². The summed E-state index contributed by atoms with van der Waals surface area (Å²) in [7, 11) is -3.23. The van der Waals surface area contributed by atoms with E-state index in [0.717, 1.165) is 18.2 Å². The van der Waals surface area contributed by atoms with E-state index in [1.807, 2.05) is 0 Å².